The lowest BCUT2D eigenvalue weighted by Crippen LogP contribution is -2.24. The highest BCUT2D eigenvalue weighted by molar-refractivity contribution is 7.09. The summed E-state index contributed by atoms with van der Waals surface area (Å²) in [6.07, 6.45) is 0.964. The Morgan fingerprint density at radius 2 is 2.18 bits per heavy atom. The minimum atomic E-state index is 0.710. The molecule has 0 saturated heterocycles. The molecule has 1 aromatic carbocycles. The number of fused-ring (bicyclic) bond motifs is 1. The Hall–Kier alpha value is -1.36. The van der Waals surface area contributed by atoms with E-state index in [2.05, 4.69) is 41.1 Å². The van der Waals surface area contributed by atoms with Crippen LogP contribution in [0.4, 0.5) is 5.69 Å². The summed E-state index contributed by atoms with van der Waals surface area (Å²) in [7, 11) is 0. The third-order valence-electron chi connectivity index (χ3n) is 2.75. The maximum absolute atomic E-state index is 5.69. The van der Waals surface area contributed by atoms with Gasteiger partial charge in [0.15, 0.2) is 0 Å². The Morgan fingerprint density at radius 3 is 3.00 bits per heavy atom. The molecule has 0 bridgehead atoms. The van der Waals surface area contributed by atoms with Gasteiger partial charge >= 0.3 is 0 Å². The van der Waals surface area contributed by atoms with E-state index < -0.39 is 0 Å². The van der Waals surface area contributed by atoms with Gasteiger partial charge in [0.1, 0.15) is 0 Å². The predicted octanol–water partition coefficient (Wildman–Crippen LogP) is 3.06. The van der Waals surface area contributed by atoms with Crippen molar-refractivity contribution in [2.75, 3.05) is 12.0 Å². The molecule has 1 aliphatic rings. The van der Waals surface area contributed by atoms with E-state index in [-0.39, 0.29) is 0 Å². The van der Waals surface area contributed by atoms with Gasteiger partial charge in [-0.25, -0.2) is 0 Å². The largest absolute Gasteiger partial charge is 0.296 e. The number of hydroxylamine groups is 1. The second kappa shape index (κ2) is 4.87. The third-order valence-corrected chi connectivity index (χ3v) is 3.69. The molecule has 2 aromatic rings. The maximum atomic E-state index is 5.69. The number of nitrogens with one attached hydrogen (secondary N) is 1. The molecule has 0 spiro atoms. The summed E-state index contributed by atoms with van der Waals surface area (Å²) in [6.45, 7) is 1.52. The number of rotatable bonds is 4. The van der Waals surface area contributed by atoms with Gasteiger partial charge < -0.3 is 0 Å². The SMILES string of the molecule is c1csc(CCON2Cc3ccccc3N2)c1. The van der Waals surface area contributed by atoms with Gasteiger partial charge in [0, 0.05) is 11.3 Å². The van der Waals surface area contributed by atoms with Crippen molar-refractivity contribution < 1.29 is 4.84 Å². The van der Waals surface area contributed by atoms with Crippen LogP contribution in [-0.2, 0) is 17.8 Å². The zero-order valence-corrected chi connectivity index (χ0v) is 10.2. The zero-order valence-electron chi connectivity index (χ0n) is 9.43. The molecule has 1 aliphatic heterocycles. The van der Waals surface area contributed by atoms with Crippen LogP contribution in [0.25, 0.3) is 0 Å². The molecule has 3 rings (SSSR count). The number of anilines is 1. The molecule has 4 heteroatoms. The summed E-state index contributed by atoms with van der Waals surface area (Å²) in [5, 5.41) is 3.90. The molecular formula is C13H14N2OS. The molecule has 88 valence electrons. The van der Waals surface area contributed by atoms with Gasteiger partial charge in [-0.05, 0) is 23.1 Å². The van der Waals surface area contributed by atoms with Crippen LogP contribution in [0.2, 0.25) is 0 Å². The van der Waals surface area contributed by atoms with Gasteiger partial charge in [-0.15, -0.1) is 11.3 Å². The van der Waals surface area contributed by atoms with E-state index in [1.54, 1.807) is 16.5 Å². The number of benzene rings is 1. The van der Waals surface area contributed by atoms with Gasteiger partial charge in [-0.1, -0.05) is 29.4 Å². The standard InChI is InChI=1S/C13H14N2OS/c1-2-6-13-11(4-1)10-15(14-13)16-8-7-12-5-3-9-17-12/h1-6,9,14H,7-8,10H2. The van der Waals surface area contributed by atoms with Crippen molar-refractivity contribution in [2.45, 2.75) is 13.0 Å². The number of thiophene rings is 1. The van der Waals surface area contributed by atoms with Crippen LogP contribution in [0.5, 0.6) is 0 Å². The summed E-state index contributed by atoms with van der Waals surface area (Å²) < 4.78 is 0. The molecule has 0 atom stereocenters. The molecule has 0 radical (unpaired) electrons. The number of hydrazine groups is 1. The van der Waals surface area contributed by atoms with Crippen LogP contribution in [0.15, 0.2) is 41.8 Å². The van der Waals surface area contributed by atoms with Crippen LogP contribution < -0.4 is 5.43 Å². The number of hydrogen-bond acceptors (Lipinski definition) is 4. The lowest BCUT2D eigenvalue weighted by atomic mass is 10.2. The van der Waals surface area contributed by atoms with Crippen molar-refractivity contribution in [3.8, 4) is 0 Å². The van der Waals surface area contributed by atoms with Gasteiger partial charge in [-0.3, -0.25) is 10.3 Å². The van der Waals surface area contributed by atoms with E-state index >= 15 is 0 Å². The van der Waals surface area contributed by atoms with E-state index in [9.17, 15) is 0 Å². The normalized spacial score (nSPS) is 14.6. The molecule has 0 unspecified atom stereocenters. The monoisotopic (exact) mass is 246 g/mol. The van der Waals surface area contributed by atoms with Crippen LogP contribution in [-0.4, -0.2) is 11.8 Å². The van der Waals surface area contributed by atoms with Crippen LogP contribution in [0, 0.1) is 0 Å². The van der Waals surface area contributed by atoms with Crippen LogP contribution in [0.1, 0.15) is 10.4 Å². The number of hydrogen-bond donors (Lipinski definition) is 1. The van der Waals surface area contributed by atoms with Gasteiger partial charge in [-0.2, -0.15) is 0 Å². The molecule has 1 N–H and O–H groups in total. The lowest BCUT2D eigenvalue weighted by Gasteiger charge is -2.15. The maximum Gasteiger partial charge on any atom is 0.0755 e. The predicted molar refractivity (Wildman–Crippen MR) is 69.6 cm³/mol. The Bertz CT molecular complexity index is 459. The van der Waals surface area contributed by atoms with Crippen LogP contribution in [0.3, 0.4) is 0 Å². The first-order valence-corrected chi connectivity index (χ1v) is 6.57. The van der Waals surface area contributed by atoms with Crippen molar-refractivity contribution >= 4 is 17.0 Å². The Kier molecular flexibility index (Phi) is 3.09. The van der Waals surface area contributed by atoms with E-state index in [4.69, 9.17) is 4.84 Å². The number of nitrogens with zero attached hydrogens (tertiary/aromatic N) is 1. The Balaban J connectivity index is 1.49. The topological polar surface area (TPSA) is 24.5 Å². The molecule has 2 heterocycles. The molecule has 3 nitrogen and oxygen atoms in total. The smallest absolute Gasteiger partial charge is 0.0755 e. The highest BCUT2D eigenvalue weighted by atomic mass is 32.1. The molecule has 1 aromatic heterocycles. The van der Waals surface area contributed by atoms with E-state index in [0.29, 0.717) is 6.61 Å². The Labute approximate surface area is 105 Å². The minimum absolute atomic E-state index is 0.710. The molecule has 0 amide bonds. The van der Waals surface area contributed by atoms with E-state index in [1.165, 1.54) is 10.4 Å². The number of para-hydroxylation sites is 1. The van der Waals surface area contributed by atoms with E-state index in [0.717, 1.165) is 18.7 Å². The molecule has 0 saturated carbocycles. The van der Waals surface area contributed by atoms with Gasteiger partial charge in [0.2, 0.25) is 0 Å². The zero-order chi connectivity index (χ0) is 11.5. The van der Waals surface area contributed by atoms with Crippen molar-refractivity contribution in [2.24, 2.45) is 0 Å². The van der Waals surface area contributed by atoms with Crippen molar-refractivity contribution in [3.63, 3.8) is 0 Å². The van der Waals surface area contributed by atoms with Crippen molar-refractivity contribution in [1.82, 2.24) is 5.17 Å². The Morgan fingerprint density at radius 1 is 1.24 bits per heavy atom. The first-order chi connectivity index (χ1) is 8.42. The fourth-order valence-electron chi connectivity index (χ4n) is 1.89. The fourth-order valence-corrected chi connectivity index (χ4v) is 2.58. The molecule has 0 fully saturated rings. The molecular weight excluding hydrogens is 232 g/mol. The average Bonchev–Trinajstić information content (AvgIpc) is 2.96. The first kappa shape index (κ1) is 10.8. The second-order valence-electron chi connectivity index (χ2n) is 3.97. The molecule has 17 heavy (non-hydrogen) atoms. The summed E-state index contributed by atoms with van der Waals surface area (Å²) >= 11 is 1.77. The summed E-state index contributed by atoms with van der Waals surface area (Å²) in [4.78, 5) is 7.05. The van der Waals surface area contributed by atoms with Gasteiger partial charge in [0.25, 0.3) is 0 Å². The summed E-state index contributed by atoms with van der Waals surface area (Å²) in [6, 6.07) is 12.5. The first-order valence-electron chi connectivity index (χ1n) is 5.69. The summed E-state index contributed by atoms with van der Waals surface area (Å²) in [5.74, 6) is 0. The lowest BCUT2D eigenvalue weighted by molar-refractivity contribution is -0.140. The quantitative estimate of drug-likeness (QED) is 0.897. The highest BCUT2D eigenvalue weighted by Crippen LogP contribution is 2.24. The average molecular weight is 246 g/mol. The van der Waals surface area contributed by atoms with Gasteiger partial charge in [0.05, 0.1) is 18.8 Å². The third kappa shape index (κ3) is 2.49. The minimum Gasteiger partial charge on any atom is -0.296 e. The summed E-state index contributed by atoms with van der Waals surface area (Å²) in [5.41, 5.74) is 5.65. The highest BCUT2D eigenvalue weighted by Gasteiger charge is 2.17. The van der Waals surface area contributed by atoms with Crippen LogP contribution >= 0.6 is 11.3 Å². The fraction of sp³-hybridized carbons (Fsp3) is 0.231. The van der Waals surface area contributed by atoms with Crippen molar-refractivity contribution in [1.29, 1.82) is 0 Å². The molecule has 0 aliphatic carbocycles. The second-order valence-corrected chi connectivity index (χ2v) is 5.00. The van der Waals surface area contributed by atoms with Crippen molar-refractivity contribution in [3.05, 3.63) is 52.2 Å². The van der Waals surface area contributed by atoms with E-state index in [1.807, 2.05) is 6.07 Å².